The third-order valence-electron chi connectivity index (χ3n) is 6.28. The van der Waals surface area contributed by atoms with E-state index in [2.05, 4.69) is 19.9 Å². The van der Waals surface area contributed by atoms with Gasteiger partial charge < -0.3 is 19.6 Å². The molecule has 0 aliphatic carbocycles. The molecular formula is C28H21N7O3. The van der Waals surface area contributed by atoms with Crippen molar-refractivity contribution in [2.24, 2.45) is 4.99 Å². The molecule has 0 saturated carbocycles. The maximum absolute atomic E-state index is 11.5. The first kappa shape index (κ1) is 22.9. The van der Waals surface area contributed by atoms with Crippen molar-refractivity contribution in [3.05, 3.63) is 125 Å². The second kappa shape index (κ2) is 9.51. The molecule has 38 heavy (non-hydrogen) atoms. The van der Waals surface area contributed by atoms with Gasteiger partial charge >= 0.3 is 0 Å². The summed E-state index contributed by atoms with van der Waals surface area (Å²) in [4.78, 5) is 30.1. The van der Waals surface area contributed by atoms with Crippen LogP contribution >= 0.6 is 0 Å². The number of rotatable bonds is 7. The fourth-order valence-corrected chi connectivity index (χ4v) is 4.40. The van der Waals surface area contributed by atoms with Crippen molar-refractivity contribution in [2.45, 2.75) is 6.54 Å². The summed E-state index contributed by atoms with van der Waals surface area (Å²) >= 11 is 0. The molecule has 0 fully saturated rings. The van der Waals surface area contributed by atoms with Gasteiger partial charge in [-0.3, -0.25) is 10.1 Å². The number of imidazole rings is 2. The van der Waals surface area contributed by atoms with Crippen molar-refractivity contribution >= 4 is 28.0 Å². The maximum Gasteiger partial charge on any atom is 0.270 e. The maximum atomic E-state index is 11.5. The molecule has 10 nitrogen and oxygen atoms in total. The van der Waals surface area contributed by atoms with Crippen LogP contribution in [-0.4, -0.2) is 40.2 Å². The van der Waals surface area contributed by atoms with Crippen LogP contribution in [0.25, 0.3) is 22.2 Å². The van der Waals surface area contributed by atoms with Gasteiger partial charge in [0, 0.05) is 47.5 Å². The molecule has 0 amide bonds. The van der Waals surface area contributed by atoms with Gasteiger partial charge in [0.1, 0.15) is 0 Å². The van der Waals surface area contributed by atoms with Gasteiger partial charge in [-0.25, -0.2) is 15.0 Å². The van der Waals surface area contributed by atoms with E-state index in [9.17, 15) is 15.2 Å². The predicted octanol–water partition coefficient (Wildman–Crippen LogP) is 5.59. The van der Waals surface area contributed by atoms with Crippen LogP contribution < -0.4 is 0 Å². The minimum atomic E-state index is -0.455. The average molecular weight is 504 g/mol. The monoisotopic (exact) mass is 503 g/mol. The summed E-state index contributed by atoms with van der Waals surface area (Å²) in [6, 6.07) is 19.9. The number of nitrogens with one attached hydrogen (secondary N) is 2. The lowest BCUT2D eigenvalue weighted by molar-refractivity contribution is -0.384. The quantitative estimate of drug-likeness (QED) is 0.148. The minimum absolute atomic E-state index is 0.0725. The summed E-state index contributed by atoms with van der Waals surface area (Å²) in [6.07, 6.45) is 8.74. The average Bonchev–Trinajstić information content (AvgIpc) is 3.70. The van der Waals surface area contributed by atoms with Gasteiger partial charge in [-0.1, -0.05) is 36.4 Å². The smallest absolute Gasteiger partial charge is 0.270 e. The number of nitro groups is 1. The highest BCUT2D eigenvalue weighted by molar-refractivity contribution is 6.22. The normalized spacial score (nSPS) is 11.7. The Bertz CT molecular complexity index is 1750. The molecule has 6 rings (SSSR count). The summed E-state index contributed by atoms with van der Waals surface area (Å²) in [5, 5.41) is 22.9. The predicted molar refractivity (Wildman–Crippen MR) is 144 cm³/mol. The highest BCUT2D eigenvalue weighted by atomic mass is 16.6. The van der Waals surface area contributed by atoms with Gasteiger partial charge in [0.15, 0.2) is 5.88 Å². The van der Waals surface area contributed by atoms with E-state index in [1.54, 1.807) is 31.1 Å². The number of aromatic hydroxyl groups is 1. The van der Waals surface area contributed by atoms with Crippen LogP contribution in [0.1, 0.15) is 16.7 Å². The molecule has 3 aromatic heterocycles. The lowest BCUT2D eigenvalue weighted by Gasteiger charge is -2.10. The lowest BCUT2D eigenvalue weighted by Crippen LogP contribution is -2.04. The molecule has 0 unspecified atom stereocenters. The van der Waals surface area contributed by atoms with Gasteiger partial charge in [0.2, 0.25) is 0 Å². The van der Waals surface area contributed by atoms with Gasteiger partial charge in [-0.2, -0.15) is 0 Å². The molecule has 0 bridgehead atoms. The molecule has 3 N–H and O–H groups in total. The summed E-state index contributed by atoms with van der Waals surface area (Å²) in [6.45, 7) is 0.659. The van der Waals surface area contributed by atoms with Crippen molar-refractivity contribution in [1.29, 1.82) is 0 Å². The van der Waals surface area contributed by atoms with Gasteiger partial charge in [0.25, 0.3) is 5.69 Å². The third kappa shape index (κ3) is 4.42. The van der Waals surface area contributed by atoms with Crippen LogP contribution in [0.5, 0.6) is 5.88 Å². The highest BCUT2D eigenvalue weighted by Gasteiger charge is 2.21. The van der Waals surface area contributed by atoms with Crippen LogP contribution in [0.2, 0.25) is 0 Å². The third-order valence-corrected chi connectivity index (χ3v) is 6.28. The van der Waals surface area contributed by atoms with E-state index < -0.39 is 4.92 Å². The molecule has 3 heterocycles. The van der Waals surface area contributed by atoms with E-state index in [4.69, 9.17) is 4.99 Å². The van der Waals surface area contributed by atoms with Crippen molar-refractivity contribution in [3.63, 3.8) is 0 Å². The molecule has 6 aromatic rings. The number of aliphatic imine (C=N–C) groups is 1. The number of H-pyrrole nitrogens is 2. The second-order valence-electron chi connectivity index (χ2n) is 8.74. The SMILES string of the molecule is O=[N+]([O-])c1ccc2[nH]c(O)c(C(=Nc3ccc(-c4cnc[nH]4)cc3)c3ccc(Cn4ccnc4)cc3)c2c1. The van der Waals surface area contributed by atoms with Crippen molar-refractivity contribution in [3.8, 4) is 17.1 Å². The summed E-state index contributed by atoms with van der Waals surface area (Å²) in [7, 11) is 0. The van der Waals surface area contributed by atoms with Crippen molar-refractivity contribution in [2.75, 3.05) is 0 Å². The zero-order valence-corrected chi connectivity index (χ0v) is 19.9. The van der Waals surface area contributed by atoms with E-state index >= 15 is 0 Å². The Morgan fingerprint density at radius 3 is 2.55 bits per heavy atom. The lowest BCUT2D eigenvalue weighted by atomic mass is 9.99. The first-order valence-electron chi connectivity index (χ1n) is 11.8. The zero-order valence-electron chi connectivity index (χ0n) is 19.9. The minimum Gasteiger partial charge on any atom is -0.494 e. The van der Waals surface area contributed by atoms with Gasteiger partial charge in [-0.05, 0) is 29.3 Å². The van der Waals surface area contributed by atoms with E-state index in [-0.39, 0.29) is 11.6 Å². The van der Waals surface area contributed by atoms with E-state index in [1.807, 2.05) is 59.3 Å². The van der Waals surface area contributed by atoms with Crippen LogP contribution in [0.15, 0.2) is 103 Å². The Balaban J connectivity index is 1.47. The number of nitro benzene ring substituents is 1. The van der Waals surface area contributed by atoms with E-state index in [0.29, 0.717) is 34.4 Å². The molecule has 186 valence electrons. The van der Waals surface area contributed by atoms with Crippen LogP contribution in [0.4, 0.5) is 11.4 Å². The van der Waals surface area contributed by atoms with Crippen molar-refractivity contribution < 1.29 is 10.0 Å². The van der Waals surface area contributed by atoms with E-state index in [1.165, 1.54) is 12.1 Å². The number of hydrogen-bond donors (Lipinski definition) is 3. The Morgan fingerprint density at radius 1 is 1.05 bits per heavy atom. The Hall–Kier alpha value is -5.51. The summed E-state index contributed by atoms with van der Waals surface area (Å²) in [5.41, 5.74) is 5.69. The Morgan fingerprint density at radius 2 is 1.87 bits per heavy atom. The molecule has 10 heteroatoms. The Labute approximate surface area is 216 Å². The number of fused-ring (bicyclic) bond motifs is 1. The summed E-state index contributed by atoms with van der Waals surface area (Å²) < 4.78 is 1.97. The van der Waals surface area contributed by atoms with Crippen molar-refractivity contribution in [1.82, 2.24) is 24.5 Å². The first-order valence-corrected chi connectivity index (χ1v) is 11.8. The molecule has 0 atom stereocenters. The molecular weight excluding hydrogens is 482 g/mol. The first-order chi connectivity index (χ1) is 18.5. The number of aromatic amines is 2. The number of aromatic nitrogens is 5. The Kier molecular flexibility index (Phi) is 5.74. The molecule has 3 aromatic carbocycles. The van der Waals surface area contributed by atoms with Crippen LogP contribution in [0.3, 0.4) is 0 Å². The van der Waals surface area contributed by atoms with Gasteiger partial charge in [-0.15, -0.1) is 0 Å². The second-order valence-corrected chi connectivity index (χ2v) is 8.74. The molecule has 0 radical (unpaired) electrons. The fraction of sp³-hybridized carbons (Fsp3) is 0.0357. The largest absolute Gasteiger partial charge is 0.494 e. The molecule has 0 spiro atoms. The molecule has 0 aliphatic rings. The standard InChI is InChI=1S/C28H21N7O3/c36-28-26(23-13-22(35(37)38)9-10-24(23)33-28)27(20-3-1-18(2-4-20)15-34-12-11-29-17-34)32-21-7-5-19(6-8-21)25-14-30-16-31-25/h1-14,16-17,33,36H,15H2,(H,30,31). The van der Waals surface area contributed by atoms with Gasteiger partial charge in [0.05, 0.1) is 46.4 Å². The zero-order chi connectivity index (χ0) is 26.1. The number of benzene rings is 3. The molecule has 0 saturated heterocycles. The van der Waals surface area contributed by atoms with Crippen LogP contribution in [0, 0.1) is 10.1 Å². The molecule has 0 aliphatic heterocycles. The number of hydrogen-bond acceptors (Lipinski definition) is 6. The number of non-ortho nitro benzene ring substituents is 1. The van der Waals surface area contributed by atoms with E-state index in [0.717, 1.165) is 22.4 Å². The number of nitrogens with zero attached hydrogens (tertiary/aromatic N) is 5. The summed E-state index contributed by atoms with van der Waals surface area (Å²) in [5.74, 6) is -0.115. The van der Waals surface area contributed by atoms with Crippen LogP contribution in [-0.2, 0) is 6.54 Å². The highest BCUT2D eigenvalue weighted by Crippen LogP contribution is 2.34. The topological polar surface area (TPSA) is 138 Å². The fourth-order valence-electron chi connectivity index (χ4n) is 4.40.